The molecule has 1 fully saturated rings. The molecule has 18 heavy (non-hydrogen) atoms. The Kier molecular flexibility index (Phi) is 6.94. The first kappa shape index (κ1) is 15.2. The third-order valence-electron chi connectivity index (χ3n) is 3.48. The van der Waals surface area contributed by atoms with Gasteiger partial charge in [0.1, 0.15) is 6.61 Å². The smallest absolute Gasteiger partial charge is 0.310 e. The van der Waals surface area contributed by atoms with E-state index in [1.165, 1.54) is 0 Å². The van der Waals surface area contributed by atoms with Crippen molar-refractivity contribution in [3.63, 3.8) is 0 Å². The van der Waals surface area contributed by atoms with Gasteiger partial charge in [-0.3, -0.25) is 9.59 Å². The molecule has 0 aromatic carbocycles. The number of carbonyl (C=O) groups is 2. The number of rotatable bonds is 8. The molecule has 1 unspecified atom stereocenters. The van der Waals surface area contributed by atoms with E-state index in [0.29, 0.717) is 6.54 Å². The molecular weight excluding hydrogens is 230 g/mol. The van der Waals surface area contributed by atoms with Gasteiger partial charge in [0.25, 0.3) is 0 Å². The van der Waals surface area contributed by atoms with E-state index in [4.69, 9.17) is 4.74 Å². The SMILES string of the molecule is CCCC(CCC)C(=O)COC(=O)C1CCNC1. The molecule has 0 radical (unpaired) electrons. The maximum atomic E-state index is 11.9. The Morgan fingerprint density at radius 1 is 1.28 bits per heavy atom. The van der Waals surface area contributed by atoms with Crippen molar-refractivity contribution in [2.24, 2.45) is 11.8 Å². The minimum atomic E-state index is -0.222. The summed E-state index contributed by atoms with van der Waals surface area (Å²) < 4.78 is 5.13. The number of hydrogen-bond acceptors (Lipinski definition) is 4. The van der Waals surface area contributed by atoms with E-state index in [2.05, 4.69) is 19.2 Å². The summed E-state index contributed by atoms with van der Waals surface area (Å²) in [5.41, 5.74) is 0. The normalized spacial score (nSPS) is 19.2. The molecule has 4 nitrogen and oxygen atoms in total. The zero-order valence-corrected chi connectivity index (χ0v) is 11.5. The molecule has 0 amide bonds. The monoisotopic (exact) mass is 255 g/mol. The number of ketones is 1. The Morgan fingerprint density at radius 2 is 1.94 bits per heavy atom. The average molecular weight is 255 g/mol. The Labute approximate surface area is 109 Å². The van der Waals surface area contributed by atoms with Crippen molar-refractivity contribution >= 4 is 11.8 Å². The van der Waals surface area contributed by atoms with Gasteiger partial charge in [0.15, 0.2) is 5.78 Å². The summed E-state index contributed by atoms with van der Waals surface area (Å²) >= 11 is 0. The fourth-order valence-electron chi connectivity index (χ4n) is 2.40. The third-order valence-corrected chi connectivity index (χ3v) is 3.48. The number of Topliss-reactive ketones (excluding diaryl/α,β-unsaturated/α-hetero) is 1. The van der Waals surface area contributed by atoms with Crippen LogP contribution in [-0.4, -0.2) is 31.4 Å². The van der Waals surface area contributed by atoms with Gasteiger partial charge in [-0.1, -0.05) is 26.7 Å². The molecular formula is C14H25NO3. The molecule has 0 aromatic heterocycles. The van der Waals surface area contributed by atoms with Crippen molar-refractivity contribution in [2.75, 3.05) is 19.7 Å². The number of nitrogens with one attached hydrogen (secondary N) is 1. The van der Waals surface area contributed by atoms with E-state index in [9.17, 15) is 9.59 Å². The second kappa shape index (κ2) is 8.25. The largest absolute Gasteiger partial charge is 0.457 e. The van der Waals surface area contributed by atoms with Gasteiger partial charge in [0.05, 0.1) is 5.92 Å². The van der Waals surface area contributed by atoms with Crippen LogP contribution in [0.15, 0.2) is 0 Å². The van der Waals surface area contributed by atoms with E-state index in [0.717, 1.165) is 38.6 Å². The number of esters is 1. The Hall–Kier alpha value is -0.900. The first-order valence-corrected chi connectivity index (χ1v) is 7.09. The maximum Gasteiger partial charge on any atom is 0.310 e. The molecule has 104 valence electrons. The summed E-state index contributed by atoms with van der Waals surface area (Å²) in [5, 5.41) is 3.12. The number of hydrogen-bond donors (Lipinski definition) is 1. The molecule has 0 saturated carbocycles. The molecule has 0 bridgehead atoms. The molecule has 1 N–H and O–H groups in total. The van der Waals surface area contributed by atoms with Gasteiger partial charge in [-0.2, -0.15) is 0 Å². The quantitative estimate of drug-likeness (QED) is 0.673. The van der Waals surface area contributed by atoms with Crippen LogP contribution in [0.5, 0.6) is 0 Å². The summed E-state index contributed by atoms with van der Waals surface area (Å²) in [6, 6.07) is 0. The van der Waals surface area contributed by atoms with Crippen LogP contribution < -0.4 is 5.32 Å². The lowest BCUT2D eigenvalue weighted by Gasteiger charge is -2.15. The second-order valence-electron chi connectivity index (χ2n) is 5.04. The van der Waals surface area contributed by atoms with Crippen molar-refractivity contribution in [3.05, 3.63) is 0 Å². The minimum absolute atomic E-state index is 0.0417. The molecule has 4 heteroatoms. The molecule has 0 spiro atoms. The van der Waals surface area contributed by atoms with Crippen LogP contribution in [0.25, 0.3) is 0 Å². The predicted molar refractivity (Wildman–Crippen MR) is 70.2 cm³/mol. The van der Waals surface area contributed by atoms with Crippen LogP contribution >= 0.6 is 0 Å². The van der Waals surface area contributed by atoms with Crippen molar-refractivity contribution in [1.29, 1.82) is 0 Å². The molecule has 0 aromatic rings. The van der Waals surface area contributed by atoms with Crippen molar-refractivity contribution in [1.82, 2.24) is 5.32 Å². The highest BCUT2D eigenvalue weighted by molar-refractivity contribution is 5.84. The van der Waals surface area contributed by atoms with E-state index in [1.807, 2.05) is 0 Å². The lowest BCUT2D eigenvalue weighted by atomic mass is 9.94. The Bertz CT molecular complexity index is 266. The lowest BCUT2D eigenvalue weighted by Crippen LogP contribution is -2.26. The van der Waals surface area contributed by atoms with Gasteiger partial charge in [0.2, 0.25) is 0 Å². The van der Waals surface area contributed by atoms with Gasteiger partial charge >= 0.3 is 5.97 Å². The zero-order valence-electron chi connectivity index (χ0n) is 11.5. The van der Waals surface area contributed by atoms with Crippen LogP contribution in [0.4, 0.5) is 0 Å². The van der Waals surface area contributed by atoms with Gasteiger partial charge in [-0.05, 0) is 25.8 Å². The second-order valence-corrected chi connectivity index (χ2v) is 5.04. The van der Waals surface area contributed by atoms with Crippen LogP contribution in [-0.2, 0) is 14.3 Å². The third kappa shape index (κ3) is 4.77. The maximum absolute atomic E-state index is 11.9. The highest BCUT2D eigenvalue weighted by Crippen LogP contribution is 2.16. The lowest BCUT2D eigenvalue weighted by molar-refractivity contribution is -0.152. The molecule has 1 rings (SSSR count). The summed E-state index contributed by atoms with van der Waals surface area (Å²) in [4.78, 5) is 23.6. The number of ether oxygens (including phenoxy) is 1. The van der Waals surface area contributed by atoms with Gasteiger partial charge in [-0.15, -0.1) is 0 Å². The molecule has 1 heterocycles. The van der Waals surface area contributed by atoms with Crippen LogP contribution in [0.1, 0.15) is 46.0 Å². The van der Waals surface area contributed by atoms with E-state index in [1.54, 1.807) is 0 Å². The van der Waals surface area contributed by atoms with E-state index >= 15 is 0 Å². The fraction of sp³-hybridized carbons (Fsp3) is 0.857. The highest BCUT2D eigenvalue weighted by Gasteiger charge is 2.25. The van der Waals surface area contributed by atoms with Crippen molar-refractivity contribution in [2.45, 2.75) is 46.0 Å². The van der Waals surface area contributed by atoms with Gasteiger partial charge < -0.3 is 10.1 Å². The summed E-state index contributed by atoms with van der Waals surface area (Å²) in [6.07, 6.45) is 4.61. The van der Waals surface area contributed by atoms with Crippen LogP contribution in [0, 0.1) is 11.8 Å². The molecule has 1 aliphatic heterocycles. The molecule has 1 aliphatic rings. The van der Waals surface area contributed by atoms with Crippen molar-refractivity contribution < 1.29 is 14.3 Å². The predicted octanol–water partition coefficient (Wildman–Crippen LogP) is 1.92. The molecule has 1 atom stereocenters. The summed E-state index contributed by atoms with van der Waals surface area (Å²) in [6.45, 7) is 5.65. The van der Waals surface area contributed by atoms with Crippen molar-refractivity contribution in [3.8, 4) is 0 Å². The number of carbonyl (C=O) groups excluding carboxylic acids is 2. The first-order valence-electron chi connectivity index (χ1n) is 7.09. The van der Waals surface area contributed by atoms with Gasteiger partial charge in [0, 0.05) is 12.5 Å². The Balaban J connectivity index is 2.31. The average Bonchev–Trinajstić information content (AvgIpc) is 2.89. The molecule has 0 aliphatic carbocycles. The van der Waals surface area contributed by atoms with Gasteiger partial charge in [-0.25, -0.2) is 0 Å². The minimum Gasteiger partial charge on any atom is -0.457 e. The van der Waals surface area contributed by atoms with Crippen LogP contribution in [0.2, 0.25) is 0 Å². The standard InChI is InChI=1S/C14H25NO3/c1-3-5-11(6-4-2)13(16)10-18-14(17)12-7-8-15-9-12/h11-12,15H,3-10H2,1-2H3. The molecule has 1 saturated heterocycles. The highest BCUT2D eigenvalue weighted by atomic mass is 16.5. The fourth-order valence-corrected chi connectivity index (χ4v) is 2.40. The Morgan fingerprint density at radius 3 is 2.44 bits per heavy atom. The zero-order chi connectivity index (χ0) is 13.4. The topological polar surface area (TPSA) is 55.4 Å². The van der Waals surface area contributed by atoms with E-state index < -0.39 is 0 Å². The van der Waals surface area contributed by atoms with E-state index in [-0.39, 0.29) is 30.2 Å². The first-order chi connectivity index (χ1) is 8.69. The summed E-state index contributed by atoms with van der Waals surface area (Å²) in [7, 11) is 0. The van der Waals surface area contributed by atoms with Crippen LogP contribution in [0.3, 0.4) is 0 Å². The summed E-state index contributed by atoms with van der Waals surface area (Å²) in [5.74, 6) is -0.138.